The molecular weight excluding hydrogens is 318 g/mol. The summed E-state index contributed by atoms with van der Waals surface area (Å²) in [6, 6.07) is 5.15. The number of piperazine rings is 1. The first-order valence-electron chi connectivity index (χ1n) is 9.08. The third-order valence-electron chi connectivity index (χ3n) is 5.57. The fourth-order valence-electron chi connectivity index (χ4n) is 3.87. The number of benzene rings is 1. The van der Waals surface area contributed by atoms with Crippen LogP contribution in [-0.4, -0.2) is 90.3 Å². The number of amides is 1. The Morgan fingerprint density at radius 2 is 1.84 bits per heavy atom. The molecule has 3 rings (SSSR count). The zero-order valence-corrected chi connectivity index (χ0v) is 15.2. The van der Waals surface area contributed by atoms with Gasteiger partial charge in [0.15, 0.2) is 0 Å². The van der Waals surface area contributed by atoms with Gasteiger partial charge in [0.25, 0.3) is 5.91 Å². The number of aliphatic hydroxyl groups is 1. The molecule has 2 aliphatic heterocycles. The van der Waals surface area contributed by atoms with Crippen LogP contribution in [0.4, 0.5) is 0 Å². The molecule has 2 fully saturated rings. The van der Waals surface area contributed by atoms with E-state index in [1.165, 1.54) is 0 Å². The number of phenolic OH excluding ortho intramolecular Hbond substituents is 1. The van der Waals surface area contributed by atoms with Crippen molar-refractivity contribution in [2.45, 2.75) is 6.92 Å². The average Bonchev–Trinajstić information content (AvgIpc) is 2.99. The zero-order chi connectivity index (χ0) is 18.0. The minimum atomic E-state index is -0.142. The monoisotopic (exact) mass is 347 g/mol. The second-order valence-electron chi connectivity index (χ2n) is 7.54. The maximum absolute atomic E-state index is 12.8. The number of aryl methyl sites for hydroxylation is 1. The Balaban J connectivity index is 1.65. The number of phenols is 1. The highest BCUT2D eigenvalue weighted by Crippen LogP contribution is 2.28. The SMILES string of the molecule is Cc1ccc(C(=O)N2C[C@@H](CN3CCN(C)CC3)[C@@H](CO)C2)c(O)c1. The molecule has 0 aliphatic carbocycles. The molecule has 2 aliphatic rings. The lowest BCUT2D eigenvalue weighted by Crippen LogP contribution is -2.47. The quantitative estimate of drug-likeness (QED) is 0.836. The van der Waals surface area contributed by atoms with Crippen LogP contribution in [-0.2, 0) is 0 Å². The van der Waals surface area contributed by atoms with Crippen molar-refractivity contribution in [1.29, 1.82) is 0 Å². The lowest BCUT2D eigenvalue weighted by Gasteiger charge is -2.34. The van der Waals surface area contributed by atoms with Crippen molar-refractivity contribution in [3.8, 4) is 5.75 Å². The van der Waals surface area contributed by atoms with Crippen molar-refractivity contribution in [2.75, 3.05) is 59.5 Å². The largest absolute Gasteiger partial charge is 0.507 e. The summed E-state index contributed by atoms with van der Waals surface area (Å²) >= 11 is 0. The Morgan fingerprint density at radius 3 is 2.48 bits per heavy atom. The number of carbonyl (C=O) groups is 1. The van der Waals surface area contributed by atoms with Crippen LogP contribution in [0.25, 0.3) is 0 Å². The lowest BCUT2D eigenvalue weighted by atomic mass is 9.96. The molecule has 2 atom stereocenters. The molecule has 2 saturated heterocycles. The molecule has 0 radical (unpaired) electrons. The summed E-state index contributed by atoms with van der Waals surface area (Å²) in [6.45, 7) is 8.32. The summed E-state index contributed by atoms with van der Waals surface area (Å²) in [7, 11) is 2.14. The van der Waals surface area contributed by atoms with Gasteiger partial charge in [-0.2, -0.15) is 0 Å². The van der Waals surface area contributed by atoms with E-state index in [1.807, 2.05) is 13.0 Å². The number of hydrogen-bond acceptors (Lipinski definition) is 5. The third kappa shape index (κ3) is 4.14. The van der Waals surface area contributed by atoms with E-state index in [9.17, 15) is 15.0 Å². The molecule has 6 nitrogen and oxygen atoms in total. The van der Waals surface area contributed by atoms with Gasteiger partial charge in [-0.1, -0.05) is 6.07 Å². The van der Waals surface area contributed by atoms with Crippen molar-refractivity contribution in [1.82, 2.24) is 14.7 Å². The van der Waals surface area contributed by atoms with Gasteiger partial charge in [-0.25, -0.2) is 0 Å². The van der Waals surface area contributed by atoms with Crippen LogP contribution >= 0.6 is 0 Å². The maximum Gasteiger partial charge on any atom is 0.257 e. The van der Waals surface area contributed by atoms with Gasteiger partial charge in [0.05, 0.1) is 5.56 Å². The smallest absolute Gasteiger partial charge is 0.257 e. The summed E-state index contributed by atoms with van der Waals surface area (Å²) in [5.41, 5.74) is 1.28. The molecule has 1 aromatic carbocycles. The van der Waals surface area contributed by atoms with Crippen LogP contribution in [0.5, 0.6) is 5.75 Å². The molecule has 2 heterocycles. The predicted octanol–water partition coefficient (Wildman–Crippen LogP) is 0.629. The highest BCUT2D eigenvalue weighted by Gasteiger charge is 2.36. The molecule has 6 heteroatoms. The van der Waals surface area contributed by atoms with Gasteiger partial charge in [-0.05, 0) is 37.6 Å². The van der Waals surface area contributed by atoms with Gasteiger partial charge >= 0.3 is 0 Å². The highest BCUT2D eigenvalue weighted by atomic mass is 16.3. The fourth-order valence-corrected chi connectivity index (χ4v) is 3.87. The summed E-state index contributed by atoms with van der Waals surface area (Å²) in [5.74, 6) is 0.283. The highest BCUT2D eigenvalue weighted by molar-refractivity contribution is 5.97. The van der Waals surface area contributed by atoms with Crippen molar-refractivity contribution >= 4 is 5.91 Å². The van der Waals surface area contributed by atoms with Crippen molar-refractivity contribution in [3.63, 3.8) is 0 Å². The first kappa shape index (κ1) is 18.2. The van der Waals surface area contributed by atoms with Crippen LogP contribution in [0.2, 0.25) is 0 Å². The Labute approximate surface area is 149 Å². The number of likely N-dealkylation sites (tertiary alicyclic amines) is 1. The van der Waals surface area contributed by atoms with Gasteiger partial charge in [-0.15, -0.1) is 0 Å². The van der Waals surface area contributed by atoms with Crippen LogP contribution < -0.4 is 0 Å². The minimum Gasteiger partial charge on any atom is -0.507 e. The van der Waals surface area contributed by atoms with Crippen LogP contribution in [0.3, 0.4) is 0 Å². The van der Waals surface area contributed by atoms with Gasteiger partial charge in [0, 0.05) is 58.3 Å². The van der Waals surface area contributed by atoms with Gasteiger partial charge < -0.3 is 24.9 Å². The topological polar surface area (TPSA) is 67.3 Å². The Kier molecular flexibility index (Phi) is 5.61. The van der Waals surface area contributed by atoms with E-state index < -0.39 is 0 Å². The fraction of sp³-hybridized carbons (Fsp3) is 0.632. The second-order valence-corrected chi connectivity index (χ2v) is 7.54. The molecule has 1 amide bonds. The number of rotatable bonds is 4. The number of hydrogen-bond donors (Lipinski definition) is 2. The van der Waals surface area contributed by atoms with Gasteiger partial charge in [0.1, 0.15) is 5.75 Å². The Morgan fingerprint density at radius 1 is 1.16 bits per heavy atom. The van der Waals surface area contributed by atoms with Crippen LogP contribution in [0, 0.1) is 18.8 Å². The van der Waals surface area contributed by atoms with E-state index in [4.69, 9.17) is 0 Å². The number of nitrogens with zero attached hydrogens (tertiary/aromatic N) is 3. The first-order chi connectivity index (χ1) is 12.0. The predicted molar refractivity (Wildman–Crippen MR) is 96.8 cm³/mol. The molecule has 25 heavy (non-hydrogen) atoms. The lowest BCUT2D eigenvalue weighted by molar-refractivity contribution is 0.0774. The van der Waals surface area contributed by atoms with Crippen molar-refractivity contribution in [2.24, 2.45) is 11.8 Å². The van der Waals surface area contributed by atoms with E-state index >= 15 is 0 Å². The van der Waals surface area contributed by atoms with Gasteiger partial charge in [0.2, 0.25) is 0 Å². The van der Waals surface area contributed by atoms with Crippen LogP contribution in [0.1, 0.15) is 15.9 Å². The van der Waals surface area contributed by atoms with E-state index in [0.717, 1.165) is 38.3 Å². The molecule has 0 spiro atoms. The van der Waals surface area contributed by atoms with Gasteiger partial charge in [-0.3, -0.25) is 4.79 Å². The van der Waals surface area contributed by atoms with E-state index in [0.29, 0.717) is 18.7 Å². The van der Waals surface area contributed by atoms with E-state index in [-0.39, 0.29) is 30.1 Å². The Hall–Kier alpha value is -1.63. The molecule has 0 aromatic heterocycles. The van der Waals surface area contributed by atoms with Crippen LogP contribution in [0.15, 0.2) is 18.2 Å². The third-order valence-corrected chi connectivity index (χ3v) is 5.57. The normalized spacial score (nSPS) is 25.5. The molecule has 0 bridgehead atoms. The van der Waals surface area contributed by atoms with E-state index in [2.05, 4.69) is 16.8 Å². The number of carbonyl (C=O) groups excluding carboxylic acids is 1. The molecule has 138 valence electrons. The summed E-state index contributed by atoms with van der Waals surface area (Å²) in [4.78, 5) is 19.3. The molecule has 0 saturated carbocycles. The number of aliphatic hydroxyl groups excluding tert-OH is 1. The second kappa shape index (κ2) is 7.72. The molecule has 0 unspecified atom stereocenters. The van der Waals surface area contributed by atoms with E-state index in [1.54, 1.807) is 17.0 Å². The molecule has 1 aromatic rings. The molecular formula is C19H29N3O3. The summed E-state index contributed by atoms with van der Waals surface area (Å²) in [5, 5.41) is 19.8. The molecule has 2 N–H and O–H groups in total. The first-order valence-corrected chi connectivity index (χ1v) is 9.08. The summed E-state index contributed by atoms with van der Waals surface area (Å²) < 4.78 is 0. The standard InChI is InChI=1S/C19H29N3O3/c1-14-3-4-17(18(24)9-14)19(25)22-11-15(16(12-22)13-23)10-21-7-5-20(2)6-8-21/h3-4,9,15-16,23-24H,5-8,10-13H2,1-2H3/t15-,16-/m1/s1. The summed E-state index contributed by atoms with van der Waals surface area (Å²) in [6.07, 6.45) is 0. The number of likely N-dealkylation sites (N-methyl/N-ethyl adjacent to an activating group) is 1. The van der Waals surface area contributed by atoms with Crippen molar-refractivity contribution in [3.05, 3.63) is 29.3 Å². The minimum absolute atomic E-state index is 0.0352. The maximum atomic E-state index is 12.8. The number of aromatic hydroxyl groups is 1. The zero-order valence-electron chi connectivity index (χ0n) is 15.2. The average molecular weight is 347 g/mol. The van der Waals surface area contributed by atoms with Crippen molar-refractivity contribution < 1.29 is 15.0 Å². The Bertz CT molecular complexity index is 614.